The minimum Gasteiger partial charge on any atom is -0.380 e. The third kappa shape index (κ3) is 3.62. The van der Waals surface area contributed by atoms with Crippen LogP contribution in [0.4, 0.5) is 0 Å². The van der Waals surface area contributed by atoms with Gasteiger partial charge in [-0.1, -0.05) is 85.5 Å². The van der Waals surface area contributed by atoms with Gasteiger partial charge in [-0.05, 0) is 74.5 Å². The van der Waals surface area contributed by atoms with Gasteiger partial charge in [0.15, 0.2) is 0 Å². The van der Waals surface area contributed by atoms with Crippen LogP contribution in [0.3, 0.4) is 0 Å². The lowest BCUT2D eigenvalue weighted by Crippen LogP contribution is -2.41. The number of hydrogen-bond acceptors (Lipinski definition) is 4. The summed E-state index contributed by atoms with van der Waals surface area (Å²) < 4.78 is 2.28. The number of fused-ring (bicyclic) bond motifs is 4. The van der Waals surface area contributed by atoms with E-state index in [1.54, 1.807) is 11.9 Å². The van der Waals surface area contributed by atoms with E-state index in [-0.39, 0.29) is 12.2 Å². The highest BCUT2D eigenvalue weighted by atomic mass is 32.2. The van der Waals surface area contributed by atoms with Crippen LogP contribution in [0.25, 0.3) is 28.6 Å². The Labute approximate surface area is 215 Å². The van der Waals surface area contributed by atoms with E-state index in [1.807, 2.05) is 0 Å². The van der Waals surface area contributed by atoms with Crippen molar-refractivity contribution in [3.63, 3.8) is 0 Å². The van der Waals surface area contributed by atoms with Crippen molar-refractivity contribution < 1.29 is 0 Å². The molecule has 1 aliphatic carbocycles. The van der Waals surface area contributed by atoms with Gasteiger partial charge in [0, 0.05) is 28.6 Å². The summed E-state index contributed by atoms with van der Waals surface area (Å²) in [5.41, 5.74) is 8.28. The van der Waals surface area contributed by atoms with Gasteiger partial charge in [0.2, 0.25) is 0 Å². The Balaban J connectivity index is 1.24. The van der Waals surface area contributed by atoms with E-state index in [0.29, 0.717) is 0 Å². The van der Waals surface area contributed by atoms with Crippen LogP contribution >= 0.6 is 11.9 Å². The Kier molecular flexibility index (Phi) is 5.00. The molecular formula is C32H25N3S. The summed E-state index contributed by atoms with van der Waals surface area (Å²) in [7, 11) is 0. The molecule has 0 aromatic heterocycles. The van der Waals surface area contributed by atoms with Gasteiger partial charge in [0.05, 0.1) is 6.04 Å². The summed E-state index contributed by atoms with van der Waals surface area (Å²) in [4.78, 5) is 1.21. The lowest BCUT2D eigenvalue weighted by Gasteiger charge is -2.30. The SMILES string of the molecule is C=C1NC2C=CC(c3cccc(C4=CC5=c6ccccc6=CNC5C=C4)c3)=CN2Sc2ccccc21. The molecule has 2 N–H and O–H groups in total. The second kappa shape index (κ2) is 8.51. The van der Waals surface area contributed by atoms with Crippen LogP contribution in [0.1, 0.15) is 16.7 Å². The van der Waals surface area contributed by atoms with Gasteiger partial charge in [-0.25, -0.2) is 0 Å². The standard InChI is InChI=1S/C32H25N3S/c1-21-27-10-4-5-12-31(27)36-35-20-26(14-16-32(35)34-21)23-9-6-8-22(17-23)24-13-15-30-29(18-24)28-11-3-2-7-25(28)19-33-30/h2-20,30,32-34H,1H2. The lowest BCUT2D eigenvalue weighted by atomic mass is 9.89. The van der Waals surface area contributed by atoms with Crippen LogP contribution in [0.15, 0.2) is 121 Å². The third-order valence-electron chi connectivity index (χ3n) is 7.07. The van der Waals surface area contributed by atoms with Gasteiger partial charge < -0.3 is 10.6 Å². The van der Waals surface area contributed by atoms with E-state index in [9.17, 15) is 0 Å². The second-order valence-electron chi connectivity index (χ2n) is 9.33. The number of benzene rings is 3. The fourth-order valence-electron chi connectivity index (χ4n) is 5.19. The number of nitrogens with one attached hydrogen (secondary N) is 2. The molecule has 0 bridgehead atoms. The van der Waals surface area contributed by atoms with Crippen molar-refractivity contribution in [1.82, 2.24) is 14.9 Å². The highest BCUT2D eigenvalue weighted by Gasteiger charge is 2.25. The molecule has 0 radical (unpaired) electrons. The summed E-state index contributed by atoms with van der Waals surface area (Å²) in [6.45, 7) is 4.26. The zero-order valence-electron chi connectivity index (χ0n) is 19.7. The molecule has 3 aliphatic heterocycles. The van der Waals surface area contributed by atoms with Crippen molar-refractivity contribution in [2.24, 2.45) is 0 Å². The number of rotatable bonds is 2. The van der Waals surface area contributed by atoms with Crippen molar-refractivity contribution in [1.29, 1.82) is 0 Å². The Hall–Kier alpha value is -4.15. The Bertz CT molecular complexity index is 1660. The zero-order valence-corrected chi connectivity index (χ0v) is 20.5. The first-order valence-corrected chi connectivity index (χ1v) is 13.0. The highest BCUT2D eigenvalue weighted by molar-refractivity contribution is 7.97. The van der Waals surface area contributed by atoms with E-state index in [4.69, 9.17) is 0 Å². The van der Waals surface area contributed by atoms with E-state index >= 15 is 0 Å². The molecule has 3 heterocycles. The first-order chi connectivity index (χ1) is 17.7. The normalized spacial score (nSPS) is 21.4. The molecule has 0 spiro atoms. The fourth-order valence-corrected chi connectivity index (χ4v) is 6.25. The molecule has 7 rings (SSSR count). The molecule has 2 unspecified atom stereocenters. The zero-order chi connectivity index (χ0) is 24.1. The molecule has 0 fully saturated rings. The summed E-state index contributed by atoms with van der Waals surface area (Å²) in [6, 6.07) is 26.1. The third-order valence-corrected chi connectivity index (χ3v) is 8.17. The Morgan fingerprint density at radius 2 is 1.64 bits per heavy atom. The van der Waals surface area contributed by atoms with Crippen LogP contribution in [0.5, 0.6) is 0 Å². The first-order valence-electron chi connectivity index (χ1n) is 12.2. The van der Waals surface area contributed by atoms with Crippen LogP contribution in [-0.4, -0.2) is 16.5 Å². The Morgan fingerprint density at radius 3 is 2.58 bits per heavy atom. The molecule has 0 saturated carbocycles. The molecule has 0 saturated heterocycles. The minimum absolute atomic E-state index is 0.0647. The van der Waals surface area contributed by atoms with E-state index in [2.05, 4.69) is 137 Å². The average molecular weight is 484 g/mol. The molecule has 4 aliphatic rings. The largest absolute Gasteiger partial charge is 0.380 e. The van der Waals surface area contributed by atoms with Crippen molar-refractivity contribution in [3.05, 3.63) is 143 Å². The second-order valence-corrected chi connectivity index (χ2v) is 10.4. The summed E-state index contributed by atoms with van der Waals surface area (Å²) in [5, 5.41) is 9.62. The van der Waals surface area contributed by atoms with Crippen molar-refractivity contribution in [2.45, 2.75) is 17.1 Å². The van der Waals surface area contributed by atoms with Crippen LogP contribution in [-0.2, 0) is 0 Å². The summed E-state index contributed by atoms with van der Waals surface area (Å²) >= 11 is 1.75. The molecule has 3 aromatic carbocycles. The van der Waals surface area contributed by atoms with Crippen LogP contribution in [0.2, 0.25) is 0 Å². The van der Waals surface area contributed by atoms with Gasteiger partial charge >= 0.3 is 0 Å². The van der Waals surface area contributed by atoms with Crippen LogP contribution in [0, 0.1) is 0 Å². The van der Waals surface area contributed by atoms with Gasteiger partial charge in [-0.3, -0.25) is 4.31 Å². The average Bonchev–Trinajstić information content (AvgIpc) is 3.08. The van der Waals surface area contributed by atoms with Crippen molar-refractivity contribution >= 4 is 40.6 Å². The van der Waals surface area contributed by atoms with Crippen LogP contribution < -0.4 is 21.1 Å². The fraction of sp³-hybridized carbons (Fsp3) is 0.0625. The quantitative estimate of drug-likeness (QED) is 0.501. The lowest BCUT2D eigenvalue weighted by molar-refractivity contribution is 0.484. The minimum atomic E-state index is 0.0647. The maximum absolute atomic E-state index is 4.26. The van der Waals surface area contributed by atoms with E-state index in [0.717, 1.165) is 11.3 Å². The monoisotopic (exact) mass is 483 g/mol. The molecule has 2 atom stereocenters. The van der Waals surface area contributed by atoms with Gasteiger partial charge in [0.1, 0.15) is 6.17 Å². The predicted octanol–water partition coefficient (Wildman–Crippen LogP) is 5.02. The Morgan fingerprint density at radius 1 is 0.833 bits per heavy atom. The van der Waals surface area contributed by atoms with Crippen molar-refractivity contribution in [3.8, 4) is 0 Å². The summed E-state index contributed by atoms with van der Waals surface area (Å²) in [6.07, 6.45) is 15.7. The molecule has 4 heteroatoms. The maximum Gasteiger partial charge on any atom is 0.129 e. The molecule has 3 nitrogen and oxygen atoms in total. The van der Waals surface area contributed by atoms with Crippen molar-refractivity contribution in [2.75, 3.05) is 0 Å². The number of hydrogen-bond donors (Lipinski definition) is 2. The number of allylic oxidation sites excluding steroid dienone is 4. The first kappa shape index (κ1) is 21.2. The summed E-state index contributed by atoms with van der Waals surface area (Å²) in [5.74, 6) is 0. The van der Waals surface area contributed by atoms with Gasteiger partial charge in [-0.2, -0.15) is 0 Å². The smallest absolute Gasteiger partial charge is 0.129 e. The number of nitrogens with zero attached hydrogens (tertiary/aromatic N) is 1. The molecule has 174 valence electrons. The molecule has 0 amide bonds. The van der Waals surface area contributed by atoms with Gasteiger partial charge in [-0.15, -0.1) is 0 Å². The highest BCUT2D eigenvalue weighted by Crippen LogP contribution is 2.38. The van der Waals surface area contributed by atoms with E-state index in [1.165, 1.54) is 43.2 Å². The van der Waals surface area contributed by atoms with E-state index < -0.39 is 0 Å². The maximum atomic E-state index is 4.26. The molecular weight excluding hydrogens is 458 g/mol. The topological polar surface area (TPSA) is 27.3 Å². The molecule has 36 heavy (non-hydrogen) atoms. The molecule has 3 aromatic rings. The van der Waals surface area contributed by atoms with Gasteiger partial charge in [0.25, 0.3) is 0 Å². The predicted molar refractivity (Wildman–Crippen MR) is 151 cm³/mol.